The van der Waals surface area contributed by atoms with Crippen molar-refractivity contribution in [1.29, 1.82) is 0 Å². The minimum atomic E-state index is -3.43. The molecule has 1 aliphatic heterocycles. The Morgan fingerprint density at radius 3 is 2.46 bits per heavy atom. The molecular formula is C15H18N4O3S4. The van der Waals surface area contributed by atoms with Crippen LogP contribution >= 0.6 is 34.9 Å². The van der Waals surface area contributed by atoms with Crippen LogP contribution in [0.25, 0.3) is 0 Å². The number of carbonyl (C=O) groups excluding carboxylic acids is 1. The molecule has 1 aliphatic rings. The number of sulfonamides is 1. The van der Waals surface area contributed by atoms with E-state index < -0.39 is 10.0 Å². The molecule has 26 heavy (non-hydrogen) atoms. The van der Waals surface area contributed by atoms with E-state index in [-0.39, 0.29) is 16.6 Å². The molecule has 0 atom stereocenters. The van der Waals surface area contributed by atoms with E-state index in [1.165, 1.54) is 51.3 Å². The van der Waals surface area contributed by atoms with Gasteiger partial charge in [-0.2, -0.15) is 4.31 Å². The Morgan fingerprint density at radius 2 is 1.85 bits per heavy atom. The van der Waals surface area contributed by atoms with Crippen molar-refractivity contribution in [2.75, 3.05) is 30.4 Å². The quantitative estimate of drug-likeness (QED) is 0.675. The number of hydrogen-bond acceptors (Lipinski definition) is 8. The van der Waals surface area contributed by atoms with Crippen LogP contribution in [-0.4, -0.2) is 53.9 Å². The van der Waals surface area contributed by atoms with Crippen molar-refractivity contribution in [3.63, 3.8) is 0 Å². The Balaban J connectivity index is 1.55. The Morgan fingerprint density at radius 1 is 1.19 bits per heavy atom. The standard InChI is InChI=1S/C15H18N4O3S4/c1-23-14-17-18-15(25-14)24-10-13(20)16-11-4-6-12(7-5-11)26(21,22)19-8-2-3-9-19/h4-7H,2-3,8-10H2,1H3,(H,16,20). The predicted octanol–water partition coefficient (Wildman–Crippen LogP) is 2.78. The zero-order valence-electron chi connectivity index (χ0n) is 14.0. The fraction of sp³-hybridized carbons (Fsp3) is 0.400. The van der Waals surface area contributed by atoms with Crippen LogP contribution in [0.2, 0.25) is 0 Å². The van der Waals surface area contributed by atoms with E-state index in [1.807, 2.05) is 6.26 Å². The summed E-state index contributed by atoms with van der Waals surface area (Å²) in [4.78, 5) is 12.3. The fourth-order valence-electron chi connectivity index (χ4n) is 2.45. The summed E-state index contributed by atoms with van der Waals surface area (Å²) >= 11 is 4.29. The third-order valence-corrected chi connectivity index (χ3v) is 8.68. The molecule has 11 heteroatoms. The first-order valence-electron chi connectivity index (χ1n) is 7.89. The monoisotopic (exact) mass is 430 g/mol. The van der Waals surface area contributed by atoms with E-state index in [4.69, 9.17) is 0 Å². The molecule has 0 radical (unpaired) electrons. The summed E-state index contributed by atoms with van der Waals surface area (Å²) in [6.07, 6.45) is 3.73. The first-order chi connectivity index (χ1) is 12.5. The van der Waals surface area contributed by atoms with Gasteiger partial charge in [0.15, 0.2) is 8.68 Å². The maximum absolute atomic E-state index is 12.5. The van der Waals surface area contributed by atoms with Crippen molar-refractivity contribution in [3.8, 4) is 0 Å². The molecule has 2 aromatic rings. The van der Waals surface area contributed by atoms with E-state index in [2.05, 4.69) is 15.5 Å². The topological polar surface area (TPSA) is 92.3 Å². The smallest absolute Gasteiger partial charge is 0.243 e. The fourth-order valence-corrected chi connectivity index (χ4v) is 6.21. The molecule has 1 aromatic carbocycles. The lowest BCUT2D eigenvalue weighted by Gasteiger charge is -2.15. The molecule has 140 valence electrons. The largest absolute Gasteiger partial charge is 0.325 e. The van der Waals surface area contributed by atoms with Crippen LogP contribution in [0.15, 0.2) is 37.8 Å². The minimum absolute atomic E-state index is 0.175. The number of amides is 1. The number of rotatable bonds is 7. The first-order valence-corrected chi connectivity index (χ1v) is 12.4. The molecule has 3 rings (SSSR count). The van der Waals surface area contributed by atoms with E-state index >= 15 is 0 Å². The molecule has 0 bridgehead atoms. The summed E-state index contributed by atoms with van der Waals surface area (Å²) in [6, 6.07) is 6.29. The maximum Gasteiger partial charge on any atom is 0.243 e. The van der Waals surface area contributed by atoms with Gasteiger partial charge in [-0.1, -0.05) is 34.9 Å². The first kappa shape index (κ1) is 19.6. The van der Waals surface area contributed by atoms with Gasteiger partial charge in [-0.25, -0.2) is 8.42 Å². The highest BCUT2D eigenvalue weighted by molar-refractivity contribution is 8.03. The van der Waals surface area contributed by atoms with Crippen molar-refractivity contribution in [2.24, 2.45) is 0 Å². The Hall–Kier alpha value is -1.14. The maximum atomic E-state index is 12.5. The summed E-state index contributed by atoms with van der Waals surface area (Å²) in [6.45, 7) is 1.14. The molecule has 1 amide bonds. The zero-order chi connectivity index (χ0) is 18.6. The van der Waals surface area contributed by atoms with E-state index in [1.54, 1.807) is 12.1 Å². The molecule has 2 heterocycles. The molecule has 7 nitrogen and oxygen atoms in total. The molecule has 0 unspecified atom stereocenters. The highest BCUT2D eigenvalue weighted by Gasteiger charge is 2.26. The molecule has 1 N–H and O–H groups in total. The highest BCUT2D eigenvalue weighted by Crippen LogP contribution is 2.27. The van der Waals surface area contributed by atoms with E-state index in [0.29, 0.717) is 18.8 Å². The van der Waals surface area contributed by atoms with Gasteiger partial charge in [-0.15, -0.1) is 10.2 Å². The number of hydrogen-bond donors (Lipinski definition) is 1. The second-order valence-electron chi connectivity index (χ2n) is 5.51. The Labute approximate surface area is 165 Å². The van der Waals surface area contributed by atoms with Gasteiger partial charge in [0.2, 0.25) is 15.9 Å². The molecule has 1 aromatic heterocycles. The number of anilines is 1. The van der Waals surface area contributed by atoms with Crippen LogP contribution in [0, 0.1) is 0 Å². The second kappa shape index (κ2) is 8.70. The number of aromatic nitrogens is 2. The average Bonchev–Trinajstić information content (AvgIpc) is 3.32. The number of benzene rings is 1. The molecule has 0 aliphatic carbocycles. The van der Waals surface area contributed by atoms with Gasteiger partial charge in [-0.3, -0.25) is 4.79 Å². The molecular weight excluding hydrogens is 412 g/mol. The summed E-state index contributed by atoms with van der Waals surface area (Å²) < 4.78 is 28.1. The van der Waals surface area contributed by atoms with Crippen LogP contribution in [0.3, 0.4) is 0 Å². The molecule has 1 fully saturated rings. The number of nitrogens with zero attached hydrogens (tertiary/aromatic N) is 3. The van der Waals surface area contributed by atoms with Crippen LogP contribution in [-0.2, 0) is 14.8 Å². The van der Waals surface area contributed by atoms with Crippen molar-refractivity contribution < 1.29 is 13.2 Å². The second-order valence-corrected chi connectivity index (χ2v) is 10.7. The SMILES string of the molecule is CSc1nnc(SCC(=O)Nc2ccc(S(=O)(=O)N3CCCC3)cc2)s1. The van der Waals surface area contributed by atoms with Crippen molar-refractivity contribution in [2.45, 2.75) is 26.4 Å². The lowest BCUT2D eigenvalue weighted by Crippen LogP contribution is -2.27. The van der Waals surface area contributed by atoms with Gasteiger partial charge in [0.1, 0.15) is 0 Å². The lowest BCUT2D eigenvalue weighted by atomic mass is 10.3. The van der Waals surface area contributed by atoms with Crippen LogP contribution in [0.5, 0.6) is 0 Å². The highest BCUT2D eigenvalue weighted by atomic mass is 32.2. The zero-order valence-corrected chi connectivity index (χ0v) is 17.3. The Bertz CT molecular complexity index is 861. The van der Waals surface area contributed by atoms with Crippen molar-refractivity contribution >= 4 is 56.5 Å². The number of carbonyl (C=O) groups is 1. The normalized spacial score (nSPS) is 15.3. The van der Waals surface area contributed by atoms with E-state index in [0.717, 1.165) is 21.5 Å². The van der Waals surface area contributed by atoms with Gasteiger partial charge in [0.05, 0.1) is 10.6 Å². The van der Waals surface area contributed by atoms with Crippen LogP contribution in [0.4, 0.5) is 5.69 Å². The van der Waals surface area contributed by atoms with Gasteiger partial charge < -0.3 is 5.32 Å². The van der Waals surface area contributed by atoms with Gasteiger partial charge in [0, 0.05) is 18.8 Å². The van der Waals surface area contributed by atoms with Gasteiger partial charge in [0.25, 0.3) is 0 Å². The van der Waals surface area contributed by atoms with Crippen molar-refractivity contribution in [1.82, 2.24) is 14.5 Å². The average molecular weight is 431 g/mol. The molecule has 1 saturated heterocycles. The number of nitrogens with one attached hydrogen (secondary N) is 1. The van der Waals surface area contributed by atoms with Gasteiger partial charge in [-0.05, 0) is 43.4 Å². The third-order valence-electron chi connectivity index (χ3n) is 3.73. The van der Waals surface area contributed by atoms with Crippen LogP contribution < -0.4 is 5.32 Å². The number of thioether (sulfide) groups is 2. The predicted molar refractivity (Wildman–Crippen MR) is 105 cm³/mol. The lowest BCUT2D eigenvalue weighted by molar-refractivity contribution is -0.113. The summed E-state index contributed by atoms with van der Waals surface area (Å²) in [5.74, 6) is 0.0441. The van der Waals surface area contributed by atoms with Crippen LogP contribution in [0.1, 0.15) is 12.8 Å². The summed E-state index contributed by atoms with van der Waals surface area (Å²) in [5, 5.41) is 10.7. The molecule has 0 saturated carbocycles. The minimum Gasteiger partial charge on any atom is -0.325 e. The Kier molecular flexibility index (Phi) is 6.56. The van der Waals surface area contributed by atoms with E-state index in [9.17, 15) is 13.2 Å². The molecule has 0 spiro atoms. The van der Waals surface area contributed by atoms with Crippen molar-refractivity contribution in [3.05, 3.63) is 24.3 Å². The third kappa shape index (κ3) is 4.77. The summed E-state index contributed by atoms with van der Waals surface area (Å²) in [7, 11) is -3.43. The van der Waals surface area contributed by atoms with Gasteiger partial charge >= 0.3 is 0 Å². The summed E-state index contributed by atoms with van der Waals surface area (Å²) in [5.41, 5.74) is 0.568.